The Balaban J connectivity index is 2.15. The quantitative estimate of drug-likeness (QED) is 0.792. The second-order valence-electron chi connectivity index (χ2n) is 7.85. The lowest BCUT2D eigenvalue weighted by Gasteiger charge is -2.66. The van der Waals surface area contributed by atoms with Gasteiger partial charge in [-0.3, -0.25) is 9.59 Å². The van der Waals surface area contributed by atoms with E-state index in [0.29, 0.717) is 32.1 Å². The Bertz CT molecular complexity index is 399. The fourth-order valence-electron chi connectivity index (χ4n) is 6.15. The van der Waals surface area contributed by atoms with Crippen LogP contribution in [0.1, 0.15) is 52.4 Å². The van der Waals surface area contributed by atoms with Crippen LogP contribution in [0, 0.1) is 21.7 Å². The van der Waals surface area contributed by atoms with Gasteiger partial charge in [0, 0.05) is 0 Å². The summed E-state index contributed by atoms with van der Waals surface area (Å²) < 4.78 is 0. The molecule has 4 aliphatic carbocycles. The van der Waals surface area contributed by atoms with Crippen molar-refractivity contribution in [1.82, 2.24) is 0 Å². The summed E-state index contributed by atoms with van der Waals surface area (Å²) in [5.74, 6) is -1.57. The Kier molecular flexibility index (Phi) is 1.94. The largest absolute Gasteiger partial charge is 0.481 e. The maximum absolute atomic E-state index is 11.7. The van der Waals surface area contributed by atoms with Crippen molar-refractivity contribution in [2.45, 2.75) is 52.4 Å². The van der Waals surface area contributed by atoms with Gasteiger partial charge in [0.05, 0.1) is 10.8 Å². The maximum atomic E-state index is 11.7. The zero-order valence-electron chi connectivity index (χ0n) is 11.0. The highest BCUT2D eigenvalue weighted by atomic mass is 16.4. The van der Waals surface area contributed by atoms with Crippen molar-refractivity contribution < 1.29 is 19.8 Å². The van der Waals surface area contributed by atoms with Crippen molar-refractivity contribution in [2.75, 3.05) is 0 Å². The van der Waals surface area contributed by atoms with Gasteiger partial charge >= 0.3 is 11.9 Å². The van der Waals surface area contributed by atoms with Crippen molar-refractivity contribution >= 4 is 11.9 Å². The Morgan fingerprint density at radius 3 is 1.33 bits per heavy atom. The van der Waals surface area contributed by atoms with Crippen LogP contribution in [0.4, 0.5) is 0 Å². The van der Waals surface area contributed by atoms with Crippen molar-refractivity contribution in [3.05, 3.63) is 0 Å². The van der Waals surface area contributed by atoms with Crippen LogP contribution in [0.2, 0.25) is 0 Å². The number of carboxylic acid groups (broad SMARTS) is 2. The fourth-order valence-corrected chi connectivity index (χ4v) is 6.15. The molecule has 100 valence electrons. The first-order valence-corrected chi connectivity index (χ1v) is 6.60. The zero-order valence-corrected chi connectivity index (χ0v) is 11.0. The van der Waals surface area contributed by atoms with Crippen LogP contribution in [0.25, 0.3) is 0 Å². The summed E-state index contributed by atoms with van der Waals surface area (Å²) in [4.78, 5) is 23.4. The molecule has 0 aromatic rings. The molecule has 0 radical (unpaired) electrons. The molecular weight excluding hydrogens is 232 g/mol. The van der Waals surface area contributed by atoms with Gasteiger partial charge in [0.2, 0.25) is 0 Å². The van der Waals surface area contributed by atoms with Gasteiger partial charge in [-0.1, -0.05) is 13.8 Å². The molecule has 4 aliphatic rings. The molecule has 0 atom stereocenters. The van der Waals surface area contributed by atoms with E-state index in [-0.39, 0.29) is 10.8 Å². The number of hydrogen-bond acceptors (Lipinski definition) is 2. The third-order valence-electron chi connectivity index (χ3n) is 5.50. The Morgan fingerprint density at radius 2 is 1.06 bits per heavy atom. The lowest BCUT2D eigenvalue weighted by atomic mass is 9.36. The first kappa shape index (κ1) is 12.0. The first-order chi connectivity index (χ1) is 8.13. The fraction of sp³-hybridized carbons (Fsp3) is 0.857. The molecule has 4 fully saturated rings. The SMILES string of the molecule is CC12CC3(C)CC(C(=O)O)(C1)CC(C(=O)O)(C2)C3. The average Bonchev–Trinajstić information content (AvgIpc) is 2.10. The zero-order chi connectivity index (χ0) is 13.4. The van der Waals surface area contributed by atoms with E-state index in [1.54, 1.807) is 0 Å². The number of aliphatic carboxylic acids is 2. The molecule has 18 heavy (non-hydrogen) atoms. The van der Waals surface area contributed by atoms with Gasteiger partial charge in [0.15, 0.2) is 0 Å². The van der Waals surface area contributed by atoms with Crippen molar-refractivity contribution in [3.63, 3.8) is 0 Å². The Morgan fingerprint density at radius 1 is 0.722 bits per heavy atom. The van der Waals surface area contributed by atoms with Gasteiger partial charge in [-0.05, 0) is 49.4 Å². The summed E-state index contributed by atoms with van der Waals surface area (Å²) in [5.41, 5.74) is -1.81. The summed E-state index contributed by atoms with van der Waals surface area (Å²) in [5, 5.41) is 19.2. The predicted molar refractivity (Wildman–Crippen MR) is 64.1 cm³/mol. The molecule has 4 nitrogen and oxygen atoms in total. The van der Waals surface area contributed by atoms with Gasteiger partial charge in [0.1, 0.15) is 0 Å². The second kappa shape index (κ2) is 2.91. The molecule has 4 bridgehead atoms. The van der Waals surface area contributed by atoms with E-state index in [9.17, 15) is 19.8 Å². The highest BCUT2D eigenvalue weighted by Gasteiger charge is 2.70. The van der Waals surface area contributed by atoms with E-state index >= 15 is 0 Å². The molecule has 0 aliphatic heterocycles. The number of carboxylic acids is 2. The van der Waals surface area contributed by atoms with Crippen LogP contribution in [-0.4, -0.2) is 22.2 Å². The topological polar surface area (TPSA) is 74.6 Å². The molecule has 0 spiro atoms. The second-order valence-corrected chi connectivity index (χ2v) is 7.85. The molecule has 0 heterocycles. The molecule has 4 rings (SSSR count). The lowest BCUT2D eigenvalue weighted by Crippen LogP contribution is -2.63. The molecule has 4 heteroatoms. The summed E-state index contributed by atoms with van der Waals surface area (Å²) >= 11 is 0. The Hall–Kier alpha value is -1.06. The summed E-state index contributed by atoms with van der Waals surface area (Å²) in [7, 11) is 0. The minimum absolute atomic E-state index is 0.111. The number of carbonyl (C=O) groups is 2. The molecule has 0 unspecified atom stereocenters. The molecule has 2 N–H and O–H groups in total. The molecule has 0 aromatic heterocycles. The normalized spacial score (nSPS) is 53.4. The number of rotatable bonds is 2. The van der Waals surface area contributed by atoms with Gasteiger partial charge in [0.25, 0.3) is 0 Å². The predicted octanol–water partition coefficient (Wildman–Crippen LogP) is 2.52. The van der Waals surface area contributed by atoms with E-state index in [0.717, 1.165) is 6.42 Å². The van der Waals surface area contributed by atoms with Crippen LogP contribution in [0.15, 0.2) is 0 Å². The van der Waals surface area contributed by atoms with Crippen molar-refractivity contribution in [2.24, 2.45) is 21.7 Å². The van der Waals surface area contributed by atoms with Crippen molar-refractivity contribution in [1.29, 1.82) is 0 Å². The van der Waals surface area contributed by atoms with E-state index in [4.69, 9.17) is 0 Å². The maximum Gasteiger partial charge on any atom is 0.309 e. The molecule has 0 aromatic carbocycles. The van der Waals surface area contributed by atoms with Gasteiger partial charge in [-0.25, -0.2) is 0 Å². The van der Waals surface area contributed by atoms with Crippen LogP contribution in [0.3, 0.4) is 0 Å². The van der Waals surface area contributed by atoms with Gasteiger partial charge < -0.3 is 10.2 Å². The van der Waals surface area contributed by atoms with Gasteiger partial charge in [-0.15, -0.1) is 0 Å². The summed E-state index contributed by atoms with van der Waals surface area (Å²) in [6.07, 6.45) is 3.92. The van der Waals surface area contributed by atoms with E-state index in [1.165, 1.54) is 0 Å². The van der Waals surface area contributed by atoms with Crippen LogP contribution in [-0.2, 0) is 9.59 Å². The minimum Gasteiger partial charge on any atom is -0.481 e. The molecule has 0 saturated heterocycles. The van der Waals surface area contributed by atoms with Crippen molar-refractivity contribution in [3.8, 4) is 0 Å². The third-order valence-corrected chi connectivity index (χ3v) is 5.50. The van der Waals surface area contributed by atoms with E-state index < -0.39 is 22.8 Å². The summed E-state index contributed by atoms with van der Waals surface area (Å²) in [6.45, 7) is 4.16. The number of hydrogen-bond donors (Lipinski definition) is 2. The van der Waals surface area contributed by atoms with Crippen LogP contribution >= 0.6 is 0 Å². The van der Waals surface area contributed by atoms with Gasteiger partial charge in [-0.2, -0.15) is 0 Å². The van der Waals surface area contributed by atoms with E-state index in [1.807, 2.05) is 0 Å². The standard InChI is InChI=1S/C14H20O4/c1-11-3-12(2)6-13(4-11,9(15)16)8-14(5-11,7-12)10(17)18/h3-8H2,1-2H3,(H,15,16)(H,17,18). The highest BCUT2D eigenvalue weighted by molar-refractivity contribution is 5.81. The third kappa shape index (κ3) is 1.32. The lowest BCUT2D eigenvalue weighted by molar-refractivity contribution is -0.215. The molecule has 0 amide bonds. The van der Waals surface area contributed by atoms with Crippen LogP contribution in [0.5, 0.6) is 0 Å². The first-order valence-electron chi connectivity index (χ1n) is 6.60. The molecule has 4 saturated carbocycles. The molecular formula is C14H20O4. The minimum atomic E-state index is -0.795. The average molecular weight is 252 g/mol. The summed E-state index contributed by atoms with van der Waals surface area (Å²) in [6, 6.07) is 0. The highest BCUT2D eigenvalue weighted by Crippen LogP contribution is 2.73. The monoisotopic (exact) mass is 252 g/mol. The van der Waals surface area contributed by atoms with E-state index in [2.05, 4.69) is 13.8 Å². The van der Waals surface area contributed by atoms with Crippen LogP contribution < -0.4 is 0 Å². The Labute approximate surface area is 106 Å². The smallest absolute Gasteiger partial charge is 0.309 e.